The molecule has 1 fully saturated rings. The Morgan fingerprint density at radius 3 is 3.09 bits per heavy atom. The molecule has 0 saturated carbocycles. The van der Waals surface area contributed by atoms with Gasteiger partial charge in [-0.3, -0.25) is 0 Å². The van der Waals surface area contributed by atoms with Crippen molar-refractivity contribution in [2.24, 2.45) is 0 Å². The van der Waals surface area contributed by atoms with Crippen LogP contribution in [0.3, 0.4) is 0 Å². The van der Waals surface area contributed by atoms with Crippen molar-refractivity contribution in [1.29, 1.82) is 0 Å². The Labute approximate surface area is 127 Å². The first-order valence-corrected chi connectivity index (χ1v) is 7.42. The van der Waals surface area contributed by atoms with Gasteiger partial charge in [0.2, 0.25) is 0 Å². The average Bonchev–Trinajstić information content (AvgIpc) is 3.25. The molecule has 4 rings (SSSR count). The van der Waals surface area contributed by atoms with Crippen molar-refractivity contribution in [1.82, 2.24) is 29.9 Å². The van der Waals surface area contributed by atoms with Crippen LogP contribution < -0.4 is 10.1 Å². The van der Waals surface area contributed by atoms with Crippen LogP contribution in [0.25, 0.3) is 16.8 Å². The number of pyridine rings is 1. The van der Waals surface area contributed by atoms with Gasteiger partial charge >= 0.3 is 0 Å². The molecule has 0 bridgehead atoms. The Kier molecular flexibility index (Phi) is 3.07. The number of nitrogens with one attached hydrogen (secondary N) is 1. The summed E-state index contributed by atoms with van der Waals surface area (Å²) in [5.41, 5.74) is 3.85. The van der Waals surface area contributed by atoms with E-state index >= 15 is 0 Å². The van der Waals surface area contributed by atoms with Crippen molar-refractivity contribution < 1.29 is 4.74 Å². The lowest BCUT2D eigenvalue weighted by Gasteiger charge is -2.11. The van der Waals surface area contributed by atoms with Gasteiger partial charge in [0.25, 0.3) is 0 Å². The van der Waals surface area contributed by atoms with Gasteiger partial charge in [0.05, 0.1) is 25.0 Å². The molecule has 3 aromatic heterocycles. The topological polar surface area (TPSA) is 69.3 Å². The maximum atomic E-state index is 5.47. The second-order valence-corrected chi connectivity index (χ2v) is 5.57. The van der Waals surface area contributed by atoms with E-state index in [1.165, 1.54) is 0 Å². The Morgan fingerprint density at radius 2 is 2.32 bits per heavy atom. The van der Waals surface area contributed by atoms with E-state index in [0.717, 1.165) is 47.7 Å². The lowest BCUT2D eigenvalue weighted by atomic mass is 10.1. The van der Waals surface area contributed by atoms with Gasteiger partial charge in [0.15, 0.2) is 0 Å². The standard InChI is InChI=1S/C15H18N6O/c1-10-15(18-19-21(10)12-3-5-16-8-12)11-7-14(22-2)13-4-6-17-20(13)9-11/h4,6-7,9,12,16H,3,5,8H2,1-2H3/t12-/m1/s1. The fourth-order valence-corrected chi connectivity index (χ4v) is 3.09. The van der Waals surface area contributed by atoms with Gasteiger partial charge in [-0.2, -0.15) is 5.10 Å². The van der Waals surface area contributed by atoms with E-state index < -0.39 is 0 Å². The number of methoxy groups -OCH3 is 1. The number of rotatable bonds is 3. The second kappa shape index (κ2) is 5.10. The van der Waals surface area contributed by atoms with E-state index in [-0.39, 0.29) is 0 Å². The predicted molar refractivity (Wildman–Crippen MR) is 82.0 cm³/mol. The first-order valence-electron chi connectivity index (χ1n) is 7.42. The number of nitrogens with zero attached hydrogens (tertiary/aromatic N) is 5. The molecule has 0 amide bonds. The molecule has 7 nitrogen and oxygen atoms in total. The van der Waals surface area contributed by atoms with Crippen molar-refractivity contribution in [3.63, 3.8) is 0 Å². The van der Waals surface area contributed by atoms with Crippen molar-refractivity contribution in [3.8, 4) is 17.0 Å². The Balaban J connectivity index is 1.81. The quantitative estimate of drug-likeness (QED) is 0.792. The summed E-state index contributed by atoms with van der Waals surface area (Å²) in [6.07, 6.45) is 4.81. The van der Waals surface area contributed by atoms with Crippen molar-refractivity contribution in [2.45, 2.75) is 19.4 Å². The summed E-state index contributed by atoms with van der Waals surface area (Å²) in [5, 5.41) is 16.4. The van der Waals surface area contributed by atoms with Crippen LogP contribution in [0.1, 0.15) is 18.2 Å². The summed E-state index contributed by atoms with van der Waals surface area (Å²) in [6.45, 7) is 4.05. The fraction of sp³-hybridized carbons (Fsp3) is 0.400. The number of fused-ring (bicyclic) bond motifs is 1. The normalized spacial score (nSPS) is 18.2. The van der Waals surface area contributed by atoms with Crippen LogP contribution in [0.2, 0.25) is 0 Å². The molecule has 7 heteroatoms. The first kappa shape index (κ1) is 13.3. The van der Waals surface area contributed by atoms with Crippen molar-refractivity contribution in [2.75, 3.05) is 20.2 Å². The Morgan fingerprint density at radius 1 is 1.41 bits per heavy atom. The summed E-state index contributed by atoms with van der Waals surface area (Å²) < 4.78 is 9.30. The highest BCUT2D eigenvalue weighted by Crippen LogP contribution is 2.29. The minimum atomic E-state index is 0.386. The SMILES string of the molecule is COc1cc(-c2nnn([C@@H]3CCNC3)c2C)cn2nccc12. The number of aromatic nitrogens is 5. The molecule has 1 saturated heterocycles. The fourth-order valence-electron chi connectivity index (χ4n) is 3.09. The summed E-state index contributed by atoms with van der Waals surface area (Å²) in [4.78, 5) is 0. The number of hydrogen-bond acceptors (Lipinski definition) is 5. The molecule has 0 aromatic carbocycles. The maximum Gasteiger partial charge on any atom is 0.145 e. The minimum absolute atomic E-state index is 0.386. The van der Waals surface area contributed by atoms with Gasteiger partial charge in [0, 0.05) is 18.3 Å². The van der Waals surface area contributed by atoms with E-state index in [1.807, 2.05) is 27.5 Å². The zero-order chi connectivity index (χ0) is 15.1. The van der Waals surface area contributed by atoms with Crippen molar-refractivity contribution >= 4 is 5.52 Å². The van der Waals surface area contributed by atoms with Crippen LogP contribution in [0.5, 0.6) is 5.75 Å². The van der Waals surface area contributed by atoms with Gasteiger partial charge < -0.3 is 10.1 Å². The van der Waals surface area contributed by atoms with Crippen molar-refractivity contribution in [3.05, 3.63) is 30.2 Å². The van der Waals surface area contributed by atoms with Crippen LogP contribution in [0, 0.1) is 6.92 Å². The average molecular weight is 298 g/mol. The Hall–Kier alpha value is -2.41. The van der Waals surface area contributed by atoms with Crippen LogP contribution in [-0.4, -0.2) is 44.8 Å². The van der Waals surface area contributed by atoms with Gasteiger partial charge in [-0.05, 0) is 32.0 Å². The van der Waals surface area contributed by atoms with E-state index in [0.29, 0.717) is 6.04 Å². The third-order valence-corrected chi connectivity index (χ3v) is 4.27. The van der Waals surface area contributed by atoms with Crippen LogP contribution in [0.15, 0.2) is 24.5 Å². The molecule has 1 N–H and O–H groups in total. The second-order valence-electron chi connectivity index (χ2n) is 5.57. The highest BCUT2D eigenvalue weighted by Gasteiger charge is 2.22. The van der Waals surface area contributed by atoms with E-state index in [9.17, 15) is 0 Å². The molecule has 4 heterocycles. The number of hydrogen-bond donors (Lipinski definition) is 1. The number of ether oxygens (including phenoxy) is 1. The van der Waals surface area contributed by atoms with Crippen LogP contribution in [0.4, 0.5) is 0 Å². The van der Waals surface area contributed by atoms with Gasteiger partial charge in [0.1, 0.15) is 17.0 Å². The smallest absolute Gasteiger partial charge is 0.145 e. The highest BCUT2D eigenvalue weighted by molar-refractivity contribution is 5.69. The van der Waals surface area contributed by atoms with Crippen LogP contribution >= 0.6 is 0 Å². The zero-order valence-corrected chi connectivity index (χ0v) is 12.7. The molecule has 1 aliphatic rings. The van der Waals surface area contributed by atoms with E-state index in [2.05, 4.69) is 27.7 Å². The molecule has 0 radical (unpaired) electrons. The van der Waals surface area contributed by atoms with Crippen LogP contribution in [-0.2, 0) is 0 Å². The summed E-state index contributed by atoms with van der Waals surface area (Å²) >= 11 is 0. The molecular weight excluding hydrogens is 280 g/mol. The molecule has 0 unspecified atom stereocenters. The largest absolute Gasteiger partial charge is 0.494 e. The molecule has 114 valence electrons. The predicted octanol–water partition coefficient (Wildman–Crippen LogP) is 1.44. The molecule has 3 aromatic rings. The zero-order valence-electron chi connectivity index (χ0n) is 12.7. The molecule has 1 atom stereocenters. The van der Waals surface area contributed by atoms with Gasteiger partial charge in [-0.15, -0.1) is 5.10 Å². The van der Waals surface area contributed by atoms with E-state index in [4.69, 9.17) is 4.74 Å². The van der Waals surface area contributed by atoms with Gasteiger partial charge in [-0.25, -0.2) is 9.20 Å². The molecule has 22 heavy (non-hydrogen) atoms. The lowest BCUT2D eigenvalue weighted by Crippen LogP contribution is -2.15. The summed E-state index contributed by atoms with van der Waals surface area (Å²) in [7, 11) is 1.67. The maximum absolute atomic E-state index is 5.47. The molecular formula is C15H18N6O. The molecule has 0 aliphatic carbocycles. The monoisotopic (exact) mass is 298 g/mol. The minimum Gasteiger partial charge on any atom is -0.494 e. The lowest BCUT2D eigenvalue weighted by molar-refractivity contribution is 0.417. The molecule has 1 aliphatic heterocycles. The third kappa shape index (κ3) is 1.97. The molecule has 0 spiro atoms. The summed E-state index contributed by atoms with van der Waals surface area (Å²) in [6, 6.07) is 4.30. The third-order valence-electron chi connectivity index (χ3n) is 4.27. The van der Waals surface area contributed by atoms with Gasteiger partial charge in [-0.1, -0.05) is 5.21 Å². The van der Waals surface area contributed by atoms with E-state index in [1.54, 1.807) is 13.3 Å². The highest BCUT2D eigenvalue weighted by atomic mass is 16.5. The summed E-state index contributed by atoms with van der Waals surface area (Å²) in [5.74, 6) is 0.784. The Bertz CT molecular complexity index is 815. The first-order chi connectivity index (χ1) is 10.8.